The topological polar surface area (TPSA) is 59.1 Å². The van der Waals surface area contributed by atoms with Gasteiger partial charge in [0.1, 0.15) is 0 Å². The number of nitrogens with two attached hydrogens (primary N) is 1. The molecule has 2 atom stereocenters. The molecule has 0 bridgehead atoms. The quantitative estimate of drug-likeness (QED) is 0.703. The Morgan fingerprint density at radius 3 is 2.12 bits per heavy atom. The smallest absolute Gasteiger partial charge is 0.0982 e. The molecule has 1 aromatic heterocycles. The fourth-order valence-corrected chi connectivity index (χ4v) is 3.76. The molecule has 1 heterocycles. The van der Waals surface area contributed by atoms with E-state index in [1.165, 1.54) is 0 Å². The van der Waals surface area contributed by atoms with Crippen molar-refractivity contribution in [2.45, 2.75) is 26.0 Å². The third-order valence-corrected chi connectivity index (χ3v) is 5.39. The van der Waals surface area contributed by atoms with Gasteiger partial charge < -0.3 is 10.8 Å². The van der Waals surface area contributed by atoms with Crippen LogP contribution in [0.2, 0.25) is 5.02 Å². The average molecular weight is 359 g/mol. The van der Waals surface area contributed by atoms with Crippen molar-refractivity contribution in [3.8, 4) is 10.4 Å². The van der Waals surface area contributed by atoms with Crippen molar-refractivity contribution < 1.29 is 5.11 Å². The monoisotopic (exact) mass is 358 g/mol. The molecule has 3 nitrogen and oxygen atoms in total. The Labute approximate surface area is 150 Å². The van der Waals surface area contributed by atoms with E-state index < -0.39 is 12.1 Å². The van der Waals surface area contributed by atoms with Crippen LogP contribution in [0.4, 0.5) is 0 Å². The van der Waals surface area contributed by atoms with Gasteiger partial charge in [-0.05, 0) is 42.7 Å². The van der Waals surface area contributed by atoms with Crippen LogP contribution in [0.5, 0.6) is 0 Å². The molecule has 0 aliphatic rings. The Balaban J connectivity index is 1.82. The summed E-state index contributed by atoms with van der Waals surface area (Å²) in [6.45, 7) is 4.02. The van der Waals surface area contributed by atoms with Gasteiger partial charge in [0.2, 0.25) is 0 Å². The number of rotatable bonds is 4. The Kier molecular flexibility index (Phi) is 5.01. The van der Waals surface area contributed by atoms with Gasteiger partial charge in [-0.2, -0.15) is 0 Å². The minimum absolute atomic E-state index is 0.500. The van der Waals surface area contributed by atoms with Crippen LogP contribution < -0.4 is 5.73 Å². The van der Waals surface area contributed by atoms with Crippen LogP contribution in [0, 0.1) is 13.8 Å². The number of aliphatic hydroxyl groups is 1. The van der Waals surface area contributed by atoms with Crippen LogP contribution in [0.3, 0.4) is 0 Å². The van der Waals surface area contributed by atoms with Gasteiger partial charge in [-0.15, -0.1) is 11.3 Å². The van der Waals surface area contributed by atoms with Crippen LogP contribution >= 0.6 is 22.9 Å². The van der Waals surface area contributed by atoms with Crippen molar-refractivity contribution in [2.24, 2.45) is 5.73 Å². The molecule has 2 aromatic carbocycles. The highest BCUT2D eigenvalue weighted by molar-refractivity contribution is 7.15. The van der Waals surface area contributed by atoms with E-state index in [0.29, 0.717) is 5.02 Å². The number of aromatic nitrogens is 1. The Morgan fingerprint density at radius 1 is 1.00 bits per heavy atom. The third-order valence-electron chi connectivity index (χ3n) is 4.01. The molecule has 0 fully saturated rings. The predicted molar refractivity (Wildman–Crippen MR) is 100 cm³/mol. The van der Waals surface area contributed by atoms with E-state index in [0.717, 1.165) is 32.3 Å². The summed E-state index contributed by atoms with van der Waals surface area (Å²) in [4.78, 5) is 5.62. The summed E-state index contributed by atoms with van der Waals surface area (Å²) in [7, 11) is 0. The van der Waals surface area contributed by atoms with Crippen molar-refractivity contribution in [3.63, 3.8) is 0 Å². The van der Waals surface area contributed by atoms with Crippen LogP contribution in [-0.2, 0) is 0 Å². The van der Waals surface area contributed by atoms with Gasteiger partial charge in [0.15, 0.2) is 0 Å². The highest BCUT2D eigenvalue weighted by Crippen LogP contribution is 2.32. The lowest BCUT2D eigenvalue weighted by molar-refractivity contribution is 0.147. The molecule has 3 N–H and O–H groups in total. The molecule has 3 rings (SSSR count). The second-order valence-corrected chi connectivity index (χ2v) is 7.43. The van der Waals surface area contributed by atoms with Gasteiger partial charge >= 0.3 is 0 Å². The Hall–Kier alpha value is -1.72. The van der Waals surface area contributed by atoms with Gasteiger partial charge in [0, 0.05) is 5.02 Å². The number of hydrogen-bond acceptors (Lipinski definition) is 4. The lowest BCUT2D eigenvalue weighted by atomic mass is 9.96. The van der Waals surface area contributed by atoms with Crippen molar-refractivity contribution in [1.82, 2.24) is 4.98 Å². The average Bonchev–Trinajstić information content (AvgIpc) is 2.93. The fraction of sp³-hybridized carbons (Fsp3) is 0.211. The highest BCUT2D eigenvalue weighted by atomic mass is 35.5. The largest absolute Gasteiger partial charge is 0.386 e. The van der Waals surface area contributed by atoms with E-state index in [-0.39, 0.29) is 0 Å². The molecule has 0 spiro atoms. The maximum atomic E-state index is 10.6. The molecular weight excluding hydrogens is 340 g/mol. The molecule has 0 amide bonds. The fourth-order valence-electron chi connectivity index (χ4n) is 2.71. The minimum Gasteiger partial charge on any atom is -0.386 e. The summed E-state index contributed by atoms with van der Waals surface area (Å²) < 4.78 is 0. The zero-order chi connectivity index (χ0) is 17.3. The molecule has 0 aliphatic heterocycles. The molecule has 3 aromatic rings. The van der Waals surface area contributed by atoms with E-state index >= 15 is 0 Å². The molecule has 0 saturated carbocycles. The van der Waals surface area contributed by atoms with Crippen molar-refractivity contribution in [2.75, 3.05) is 0 Å². The molecule has 0 aliphatic carbocycles. The summed E-state index contributed by atoms with van der Waals surface area (Å²) in [6.07, 6.45) is -0.774. The van der Waals surface area contributed by atoms with E-state index in [1.807, 2.05) is 50.2 Å². The molecule has 0 radical (unpaired) electrons. The summed E-state index contributed by atoms with van der Waals surface area (Å²) >= 11 is 7.57. The number of aryl methyl sites for hydroxylation is 2. The van der Waals surface area contributed by atoms with E-state index in [1.54, 1.807) is 23.5 Å². The summed E-state index contributed by atoms with van der Waals surface area (Å²) in [5.74, 6) is 0. The van der Waals surface area contributed by atoms with Gasteiger partial charge in [0.05, 0.1) is 27.7 Å². The van der Waals surface area contributed by atoms with Crippen LogP contribution in [0.15, 0.2) is 48.5 Å². The number of benzene rings is 2. The second-order valence-electron chi connectivity index (χ2n) is 5.79. The highest BCUT2D eigenvalue weighted by Gasteiger charge is 2.19. The predicted octanol–water partition coefficient (Wildman–Crippen LogP) is 4.81. The maximum absolute atomic E-state index is 10.6. The van der Waals surface area contributed by atoms with Gasteiger partial charge in [-0.25, -0.2) is 4.98 Å². The number of aliphatic hydroxyl groups excluding tert-OH is 1. The third kappa shape index (κ3) is 3.52. The first kappa shape index (κ1) is 17.1. The normalized spacial score (nSPS) is 13.7. The minimum atomic E-state index is -0.774. The Morgan fingerprint density at radius 2 is 1.58 bits per heavy atom. The zero-order valence-electron chi connectivity index (χ0n) is 13.5. The second kappa shape index (κ2) is 7.03. The van der Waals surface area contributed by atoms with Gasteiger partial charge in [-0.1, -0.05) is 48.0 Å². The molecule has 124 valence electrons. The Bertz CT molecular complexity index is 828. The first-order valence-corrected chi connectivity index (χ1v) is 8.88. The molecule has 0 unspecified atom stereocenters. The van der Waals surface area contributed by atoms with Gasteiger partial charge in [-0.3, -0.25) is 0 Å². The molecule has 5 heteroatoms. The molecule has 24 heavy (non-hydrogen) atoms. The summed E-state index contributed by atoms with van der Waals surface area (Å²) in [5, 5.41) is 12.3. The number of halogens is 1. The number of nitrogens with zero attached hydrogens (tertiary/aromatic N) is 1. The first-order valence-electron chi connectivity index (χ1n) is 7.69. The summed E-state index contributed by atoms with van der Waals surface area (Å²) in [6, 6.07) is 14.6. The first-order chi connectivity index (χ1) is 11.5. The maximum Gasteiger partial charge on any atom is 0.0982 e. The zero-order valence-corrected chi connectivity index (χ0v) is 15.1. The van der Waals surface area contributed by atoms with Crippen LogP contribution in [0.25, 0.3) is 10.4 Å². The van der Waals surface area contributed by atoms with Crippen LogP contribution in [0.1, 0.15) is 34.0 Å². The molecular formula is C19H19ClN2OS. The summed E-state index contributed by atoms with van der Waals surface area (Å²) in [5.41, 5.74) is 9.98. The van der Waals surface area contributed by atoms with Crippen molar-refractivity contribution >= 4 is 22.9 Å². The standard InChI is InChI=1S/C19H19ClN2OS/c1-11-19(24-12(2)22-11)15-5-3-14(4-6-15)18(23)17(21)13-7-9-16(20)10-8-13/h3-10,17-18,23H,21H2,1-2H3/t17-,18+/m0/s1. The number of thiazole rings is 1. The lowest BCUT2D eigenvalue weighted by Gasteiger charge is -2.20. The number of hydrogen-bond donors (Lipinski definition) is 2. The van der Waals surface area contributed by atoms with E-state index in [2.05, 4.69) is 4.98 Å². The van der Waals surface area contributed by atoms with E-state index in [4.69, 9.17) is 17.3 Å². The van der Waals surface area contributed by atoms with Gasteiger partial charge in [0.25, 0.3) is 0 Å². The lowest BCUT2D eigenvalue weighted by Crippen LogP contribution is -2.19. The van der Waals surface area contributed by atoms with Crippen molar-refractivity contribution in [1.29, 1.82) is 0 Å². The SMILES string of the molecule is Cc1nc(C)c(-c2ccc([C@@H](O)[C@@H](N)c3ccc(Cl)cc3)cc2)s1. The van der Waals surface area contributed by atoms with Crippen molar-refractivity contribution in [3.05, 3.63) is 75.4 Å². The van der Waals surface area contributed by atoms with E-state index in [9.17, 15) is 5.11 Å². The molecule has 0 saturated heterocycles. The van der Waals surface area contributed by atoms with Crippen LogP contribution in [-0.4, -0.2) is 10.1 Å².